The van der Waals surface area contributed by atoms with Crippen LogP contribution in [0.4, 0.5) is 5.69 Å². The van der Waals surface area contributed by atoms with Crippen LogP contribution in [-0.2, 0) is 36.1 Å². The van der Waals surface area contributed by atoms with Crippen LogP contribution in [0.1, 0.15) is 67.4 Å². The lowest BCUT2D eigenvalue weighted by Gasteiger charge is -2.52. The van der Waals surface area contributed by atoms with Crippen LogP contribution in [0.25, 0.3) is 0 Å². The van der Waals surface area contributed by atoms with E-state index in [-0.39, 0.29) is 41.2 Å². The second kappa shape index (κ2) is 15.8. The van der Waals surface area contributed by atoms with Crippen LogP contribution in [0, 0.1) is 17.8 Å². The number of hydrogen-bond acceptors (Lipinski definition) is 9. The van der Waals surface area contributed by atoms with E-state index in [1.54, 1.807) is 27.2 Å². The number of carbonyl (C=O) groups excluding carboxylic acids is 2. The molecule has 0 radical (unpaired) electrons. The van der Waals surface area contributed by atoms with Gasteiger partial charge >= 0.3 is 0 Å². The summed E-state index contributed by atoms with van der Waals surface area (Å²) >= 11 is 6.49. The maximum absolute atomic E-state index is 13.6. The summed E-state index contributed by atoms with van der Waals surface area (Å²) in [4.78, 5) is 32.9. The highest BCUT2D eigenvalue weighted by Gasteiger charge is 2.50. The number of rotatable bonds is 5. The predicted octanol–water partition coefficient (Wildman–Crippen LogP) is 5.06. The minimum absolute atomic E-state index is 0.00263. The number of nitrogens with one attached hydrogen (secondary N) is 1. The van der Waals surface area contributed by atoms with Gasteiger partial charge in [0.15, 0.2) is 0 Å². The highest BCUT2D eigenvalue weighted by molar-refractivity contribution is 7.90. The standard InChI is InChI=1S/C41H55ClN4O7S/c1-28-7-5-16-41(52-4,26-44-17-19-45(20-18-44)38(47)24-51-3)35-12-9-32(35)23-46-25-40(15-6-8-30-21-33(42)11-13-34(30)40)27-53-37-14-10-31(22-36(37)46)39(48)43-54(49,50)29(28)2/h5,10-11,13-14,16,21-22,28-29,32,35H,6-9,12,15,17-20,23-27H2,1-4H3,(H,43,48)/b16-5+/t28-,29+,32-,35?,40-,41+/m0/s1. The van der Waals surface area contributed by atoms with Crippen LogP contribution in [0.5, 0.6) is 5.75 Å². The number of benzene rings is 2. The Morgan fingerprint density at radius 2 is 1.87 bits per heavy atom. The zero-order valence-corrected chi connectivity index (χ0v) is 33.6. The molecule has 1 unspecified atom stereocenters. The molecular weight excluding hydrogens is 728 g/mol. The third-order valence-corrected chi connectivity index (χ3v) is 15.2. The number of amides is 2. The topological polar surface area (TPSA) is 118 Å². The molecule has 3 heterocycles. The highest BCUT2D eigenvalue weighted by Crippen LogP contribution is 2.49. The normalized spacial score (nSPS) is 32.0. The number of fused-ring (bicyclic) bond motifs is 4. The molecule has 2 aromatic carbocycles. The Bertz CT molecular complexity index is 1870. The van der Waals surface area contributed by atoms with Crippen molar-refractivity contribution in [1.82, 2.24) is 14.5 Å². The number of nitrogens with zero attached hydrogens (tertiary/aromatic N) is 3. The van der Waals surface area contributed by atoms with Gasteiger partial charge in [-0.2, -0.15) is 0 Å². The van der Waals surface area contributed by atoms with Crippen molar-refractivity contribution in [3.63, 3.8) is 0 Å². The Hall–Kier alpha value is -3.16. The molecule has 1 N–H and O–H groups in total. The van der Waals surface area contributed by atoms with E-state index in [9.17, 15) is 18.0 Å². The van der Waals surface area contributed by atoms with E-state index >= 15 is 0 Å². The van der Waals surface area contributed by atoms with Gasteiger partial charge in [0.2, 0.25) is 15.9 Å². The van der Waals surface area contributed by atoms with Crippen molar-refractivity contribution in [3.05, 3.63) is 70.3 Å². The molecular formula is C41H55ClN4O7S. The summed E-state index contributed by atoms with van der Waals surface area (Å²) in [5.74, 6) is 0.247. The Labute approximate surface area is 325 Å². The Balaban J connectivity index is 1.27. The molecule has 2 aliphatic carbocycles. The molecule has 7 rings (SSSR count). The molecule has 1 saturated heterocycles. The number of carbonyl (C=O) groups is 2. The summed E-state index contributed by atoms with van der Waals surface area (Å²) in [5, 5.41) is -0.0854. The van der Waals surface area contributed by atoms with Gasteiger partial charge in [-0.1, -0.05) is 36.7 Å². The Kier molecular flexibility index (Phi) is 11.4. The number of aryl methyl sites for hydroxylation is 1. The molecule has 13 heteroatoms. The van der Waals surface area contributed by atoms with Crippen LogP contribution in [0.3, 0.4) is 0 Å². The minimum Gasteiger partial charge on any atom is -0.490 e. The van der Waals surface area contributed by atoms with E-state index in [1.165, 1.54) is 11.1 Å². The minimum atomic E-state index is -3.99. The number of methoxy groups -OCH3 is 2. The van der Waals surface area contributed by atoms with Crippen molar-refractivity contribution in [2.45, 2.75) is 68.6 Å². The molecule has 5 aliphatic rings. The SMILES string of the molecule is COCC(=O)N1CCN(C[C@]2(OC)/C=C/C[C@H](C)[C@@H](C)S(=O)(=O)NC(=O)c3ccc4c(c3)N(C[C@@H]3CCC32)C[C@@]2(CCCc3cc(Cl)ccc32)CO4)CC1. The van der Waals surface area contributed by atoms with E-state index in [4.69, 9.17) is 25.8 Å². The average molecular weight is 783 g/mol. The number of halogens is 1. The first-order chi connectivity index (χ1) is 25.9. The second-order valence-corrected chi connectivity index (χ2v) is 18.8. The van der Waals surface area contributed by atoms with E-state index in [2.05, 4.69) is 38.8 Å². The van der Waals surface area contributed by atoms with Gasteiger partial charge in [0.05, 0.1) is 17.5 Å². The van der Waals surface area contributed by atoms with Gasteiger partial charge < -0.3 is 24.0 Å². The Morgan fingerprint density at radius 3 is 2.59 bits per heavy atom. The quantitative estimate of drug-likeness (QED) is 0.416. The van der Waals surface area contributed by atoms with Crippen molar-refractivity contribution in [2.75, 3.05) is 78.1 Å². The van der Waals surface area contributed by atoms with Crippen molar-refractivity contribution >= 4 is 39.1 Å². The summed E-state index contributed by atoms with van der Waals surface area (Å²) in [7, 11) is -0.651. The number of piperazine rings is 1. The number of anilines is 1. The molecule has 6 atom stereocenters. The first kappa shape index (κ1) is 39.1. The van der Waals surface area contributed by atoms with E-state index in [0.717, 1.165) is 62.4 Å². The summed E-state index contributed by atoms with van der Waals surface area (Å²) < 4.78 is 48.0. The number of hydrogen-bond donors (Lipinski definition) is 1. The molecule has 1 spiro atoms. The van der Waals surface area contributed by atoms with Crippen molar-refractivity contribution < 1.29 is 32.2 Å². The molecule has 54 heavy (non-hydrogen) atoms. The van der Waals surface area contributed by atoms with Gasteiger partial charge in [0.25, 0.3) is 5.91 Å². The van der Waals surface area contributed by atoms with Crippen LogP contribution in [-0.4, -0.2) is 114 Å². The summed E-state index contributed by atoms with van der Waals surface area (Å²) in [5.41, 5.74) is 2.66. The van der Waals surface area contributed by atoms with Crippen molar-refractivity contribution in [2.24, 2.45) is 17.8 Å². The molecule has 294 valence electrons. The predicted molar refractivity (Wildman–Crippen MR) is 210 cm³/mol. The highest BCUT2D eigenvalue weighted by atomic mass is 35.5. The first-order valence-electron chi connectivity index (χ1n) is 19.5. The van der Waals surface area contributed by atoms with Gasteiger partial charge in [0, 0.05) is 76.0 Å². The van der Waals surface area contributed by atoms with Gasteiger partial charge in [-0.3, -0.25) is 14.5 Å². The van der Waals surface area contributed by atoms with Gasteiger partial charge in [-0.05, 0) is 105 Å². The Morgan fingerprint density at radius 1 is 1.07 bits per heavy atom. The second-order valence-electron chi connectivity index (χ2n) is 16.3. The van der Waals surface area contributed by atoms with Gasteiger partial charge in [0.1, 0.15) is 18.0 Å². The smallest absolute Gasteiger partial charge is 0.264 e. The fourth-order valence-corrected chi connectivity index (χ4v) is 11.0. The number of sulfonamides is 1. The number of ether oxygens (including phenoxy) is 3. The lowest BCUT2D eigenvalue weighted by atomic mass is 9.63. The fraction of sp³-hybridized carbons (Fsp3) is 0.610. The number of allylic oxidation sites excluding steroid dienone is 1. The molecule has 2 amide bonds. The van der Waals surface area contributed by atoms with E-state index in [1.807, 2.05) is 30.0 Å². The van der Waals surface area contributed by atoms with Crippen LogP contribution >= 0.6 is 11.6 Å². The summed E-state index contributed by atoms with van der Waals surface area (Å²) in [6, 6.07) is 11.5. The molecule has 1 saturated carbocycles. The van der Waals surface area contributed by atoms with Crippen molar-refractivity contribution in [3.8, 4) is 5.75 Å². The van der Waals surface area contributed by atoms with Crippen molar-refractivity contribution in [1.29, 1.82) is 0 Å². The fourth-order valence-electron chi connectivity index (χ4n) is 9.53. The van der Waals surface area contributed by atoms with Crippen LogP contribution < -0.4 is 14.4 Å². The monoisotopic (exact) mass is 782 g/mol. The largest absolute Gasteiger partial charge is 0.490 e. The third kappa shape index (κ3) is 7.65. The molecule has 11 nitrogen and oxygen atoms in total. The molecule has 2 bridgehead atoms. The molecule has 2 fully saturated rings. The van der Waals surface area contributed by atoms with Gasteiger partial charge in [-0.15, -0.1) is 0 Å². The zero-order chi connectivity index (χ0) is 38.3. The average Bonchev–Trinajstić information content (AvgIpc) is 3.29. The first-order valence-corrected chi connectivity index (χ1v) is 21.4. The molecule has 0 aromatic heterocycles. The van der Waals surface area contributed by atoms with E-state index < -0.39 is 26.8 Å². The zero-order valence-electron chi connectivity index (χ0n) is 32.0. The third-order valence-electron chi connectivity index (χ3n) is 13.1. The lowest BCUT2D eigenvalue weighted by molar-refractivity contribution is -0.138. The molecule has 3 aliphatic heterocycles. The summed E-state index contributed by atoms with van der Waals surface area (Å²) in [6.07, 6.45) is 9.72. The van der Waals surface area contributed by atoms with E-state index in [0.29, 0.717) is 45.0 Å². The molecule has 2 aromatic rings. The lowest BCUT2D eigenvalue weighted by Crippen LogP contribution is -2.59. The maximum Gasteiger partial charge on any atom is 0.264 e. The van der Waals surface area contributed by atoms with Gasteiger partial charge in [-0.25, -0.2) is 13.1 Å². The van der Waals surface area contributed by atoms with Crippen LogP contribution in [0.15, 0.2) is 48.6 Å². The van der Waals surface area contributed by atoms with Crippen LogP contribution in [0.2, 0.25) is 5.02 Å². The maximum atomic E-state index is 13.6. The summed E-state index contributed by atoms with van der Waals surface area (Å²) in [6.45, 7) is 8.90.